The van der Waals surface area contributed by atoms with Crippen molar-refractivity contribution in [1.29, 1.82) is 5.26 Å². The highest BCUT2D eigenvalue weighted by Gasteiger charge is 2.36. The summed E-state index contributed by atoms with van der Waals surface area (Å²) in [5, 5.41) is 9.57. The van der Waals surface area contributed by atoms with Crippen LogP contribution in [0.5, 0.6) is 0 Å². The van der Waals surface area contributed by atoms with Gasteiger partial charge >= 0.3 is 6.18 Å². The Kier molecular flexibility index (Phi) is 4.61. The monoisotopic (exact) mass is 295 g/mol. The largest absolute Gasteiger partial charge is 0.416 e. The molecule has 0 heterocycles. The normalized spacial score (nSPS) is 26.3. The summed E-state index contributed by atoms with van der Waals surface area (Å²) in [7, 11) is 0. The number of hydrogen-bond donors (Lipinski definition) is 0. The zero-order chi connectivity index (χ0) is 15.5. The molecular formula is C17H20F3N. The van der Waals surface area contributed by atoms with Gasteiger partial charge in [0, 0.05) is 0 Å². The van der Waals surface area contributed by atoms with Crippen molar-refractivity contribution in [1.82, 2.24) is 0 Å². The van der Waals surface area contributed by atoms with Gasteiger partial charge in [-0.25, -0.2) is 0 Å². The zero-order valence-electron chi connectivity index (χ0n) is 12.2. The fraction of sp³-hybridized carbons (Fsp3) is 0.588. The van der Waals surface area contributed by atoms with Gasteiger partial charge in [-0.3, -0.25) is 0 Å². The predicted molar refractivity (Wildman–Crippen MR) is 75.4 cm³/mol. The van der Waals surface area contributed by atoms with Crippen LogP contribution >= 0.6 is 0 Å². The SMILES string of the molecule is CCC1CCCC(C#N)(Cc2ccc(C(F)(F)F)cc2)C1. The molecule has 2 rings (SSSR count). The topological polar surface area (TPSA) is 23.8 Å². The maximum absolute atomic E-state index is 12.6. The molecule has 0 bridgehead atoms. The summed E-state index contributed by atoms with van der Waals surface area (Å²) in [6, 6.07) is 7.70. The molecule has 0 N–H and O–H groups in total. The van der Waals surface area contributed by atoms with Gasteiger partial charge in [-0.15, -0.1) is 0 Å². The van der Waals surface area contributed by atoms with E-state index in [9.17, 15) is 18.4 Å². The van der Waals surface area contributed by atoms with Crippen LogP contribution in [0.25, 0.3) is 0 Å². The molecule has 0 spiro atoms. The Labute approximate surface area is 123 Å². The van der Waals surface area contributed by atoms with E-state index in [2.05, 4.69) is 13.0 Å². The van der Waals surface area contributed by atoms with Gasteiger partial charge in [-0.05, 0) is 42.9 Å². The van der Waals surface area contributed by atoms with E-state index in [1.165, 1.54) is 12.1 Å². The summed E-state index contributed by atoms with van der Waals surface area (Å²) < 4.78 is 37.7. The Morgan fingerprint density at radius 1 is 1.29 bits per heavy atom. The number of nitriles is 1. The van der Waals surface area contributed by atoms with E-state index in [0.717, 1.165) is 49.8 Å². The molecule has 2 atom stereocenters. The molecule has 1 aliphatic carbocycles. The first-order chi connectivity index (χ1) is 9.88. The quantitative estimate of drug-likeness (QED) is 0.736. The van der Waals surface area contributed by atoms with Crippen LogP contribution < -0.4 is 0 Å². The lowest BCUT2D eigenvalue weighted by Gasteiger charge is -2.35. The van der Waals surface area contributed by atoms with Crippen LogP contribution in [0.1, 0.15) is 50.2 Å². The Balaban J connectivity index is 2.14. The van der Waals surface area contributed by atoms with Crippen LogP contribution in [0.15, 0.2) is 24.3 Å². The van der Waals surface area contributed by atoms with E-state index in [1.807, 2.05) is 0 Å². The van der Waals surface area contributed by atoms with Crippen LogP contribution in [0.4, 0.5) is 13.2 Å². The van der Waals surface area contributed by atoms with Gasteiger partial charge in [-0.2, -0.15) is 18.4 Å². The molecule has 0 aromatic heterocycles. The lowest BCUT2D eigenvalue weighted by Crippen LogP contribution is -2.29. The van der Waals surface area contributed by atoms with Crippen molar-refractivity contribution < 1.29 is 13.2 Å². The van der Waals surface area contributed by atoms with Crippen molar-refractivity contribution in [3.8, 4) is 6.07 Å². The van der Waals surface area contributed by atoms with Crippen molar-refractivity contribution in [2.75, 3.05) is 0 Å². The second-order valence-corrected chi connectivity index (χ2v) is 6.13. The molecule has 0 saturated heterocycles. The summed E-state index contributed by atoms with van der Waals surface area (Å²) in [5.74, 6) is 0.563. The smallest absolute Gasteiger partial charge is 0.198 e. The fourth-order valence-corrected chi connectivity index (χ4v) is 3.34. The molecule has 1 aliphatic rings. The second-order valence-electron chi connectivity index (χ2n) is 6.13. The molecule has 1 saturated carbocycles. The zero-order valence-corrected chi connectivity index (χ0v) is 12.2. The molecule has 4 heteroatoms. The van der Waals surface area contributed by atoms with Gasteiger partial charge in [0.15, 0.2) is 0 Å². The average molecular weight is 295 g/mol. The lowest BCUT2D eigenvalue weighted by molar-refractivity contribution is -0.137. The maximum atomic E-state index is 12.6. The molecule has 0 amide bonds. The van der Waals surface area contributed by atoms with E-state index in [1.54, 1.807) is 0 Å². The van der Waals surface area contributed by atoms with Crippen LogP contribution in [0.2, 0.25) is 0 Å². The van der Waals surface area contributed by atoms with Gasteiger partial charge in [-0.1, -0.05) is 38.3 Å². The van der Waals surface area contributed by atoms with Crippen molar-refractivity contribution in [2.45, 2.75) is 51.6 Å². The molecular weight excluding hydrogens is 275 g/mol. The molecule has 1 fully saturated rings. The molecule has 21 heavy (non-hydrogen) atoms. The Morgan fingerprint density at radius 3 is 2.48 bits per heavy atom. The number of rotatable bonds is 3. The third-order valence-electron chi connectivity index (χ3n) is 4.59. The minimum atomic E-state index is -4.30. The van der Waals surface area contributed by atoms with Crippen molar-refractivity contribution in [3.63, 3.8) is 0 Å². The van der Waals surface area contributed by atoms with E-state index in [4.69, 9.17) is 0 Å². The van der Waals surface area contributed by atoms with Gasteiger partial charge in [0.05, 0.1) is 17.0 Å². The fourth-order valence-electron chi connectivity index (χ4n) is 3.34. The summed E-state index contributed by atoms with van der Waals surface area (Å²) in [6.07, 6.45) is 1.22. The molecule has 1 nitrogen and oxygen atoms in total. The molecule has 2 unspecified atom stereocenters. The van der Waals surface area contributed by atoms with Gasteiger partial charge in [0.2, 0.25) is 0 Å². The Hall–Kier alpha value is -1.50. The van der Waals surface area contributed by atoms with Crippen LogP contribution in [0, 0.1) is 22.7 Å². The summed E-state index contributed by atoms with van der Waals surface area (Å²) in [5.41, 5.74) is -0.216. The number of benzene rings is 1. The van der Waals surface area contributed by atoms with Crippen molar-refractivity contribution >= 4 is 0 Å². The van der Waals surface area contributed by atoms with E-state index in [0.29, 0.717) is 12.3 Å². The summed E-state index contributed by atoms with van der Waals surface area (Å²) in [4.78, 5) is 0. The number of alkyl halides is 3. The third kappa shape index (κ3) is 3.78. The first-order valence-electron chi connectivity index (χ1n) is 7.46. The van der Waals surface area contributed by atoms with E-state index in [-0.39, 0.29) is 0 Å². The highest BCUT2D eigenvalue weighted by molar-refractivity contribution is 5.26. The molecule has 1 aromatic carbocycles. The second kappa shape index (κ2) is 6.09. The van der Waals surface area contributed by atoms with Crippen LogP contribution in [-0.4, -0.2) is 0 Å². The molecule has 114 valence electrons. The molecule has 0 radical (unpaired) electrons. The van der Waals surface area contributed by atoms with Gasteiger partial charge in [0.1, 0.15) is 0 Å². The van der Waals surface area contributed by atoms with Gasteiger partial charge < -0.3 is 0 Å². The molecule has 1 aromatic rings. The van der Waals surface area contributed by atoms with Crippen molar-refractivity contribution in [2.24, 2.45) is 11.3 Å². The number of halogens is 3. The minimum Gasteiger partial charge on any atom is -0.198 e. The average Bonchev–Trinajstić information content (AvgIpc) is 2.47. The van der Waals surface area contributed by atoms with E-state index >= 15 is 0 Å². The first-order valence-corrected chi connectivity index (χ1v) is 7.46. The standard InChI is InChI=1S/C17H20F3N/c1-2-13-4-3-9-16(10-13,12-21)11-14-5-7-15(8-6-14)17(18,19)20/h5-8,13H,2-4,9-11H2,1H3. The minimum absolute atomic E-state index is 0.404. The van der Waals surface area contributed by atoms with E-state index < -0.39 is 17.2 Å². The lowest BCUT2D eigenvalue weighted by atomic mass is 9.67. The number of hydrogen-bond acceptors (Lipinski definition) is 1. The Morgan fingerprint density at radius 2 is 1.95 bits per heavy atom. The Bertz CT molecular complexity index is 512. The first kappa shape index (κ1) is 15.9. The predicted octanol–water partition coefficient (Wildman–Crippen LogP) is 5.36. The number of nitrogens with zero attached hydrogens (tertiary/aromatic N) is 1. The highest BCUT2D eigenvalue weighted by Crippen LogP contribution is 2.42. The van der Waals surface area contributed by atoms with Crippen molar-refractivity contribution in [3.05, 3.63) is 35.4 Å². The summed E-state index contributed by atoms with van der Waals surface area (Å²) >= 11 is 0. The highest BCUT2D eigenvalue weighted by atomic mass is 19.4. The van der Waals surface area contributed by atoms with Crippen LogP contribution in [0.3, 0.4) is 0 Å². The maximum Gasteiger partial charge on any atom is 0.416 e. The third-order valence-corrected chi connectivity index (χ3v) is 4.59. The summed E-state index contributed by atoms with van der Waals surface area (Å²) in [6.45, 7) is 2.14. The van der Waals surface area contributed by atoms with Gasteiger partial charge in [0.25, 0.3) is 0 Å². The van der Waals surface area contributed by atoms with Crippen LogP contribution in [-0.2, 0) is 12.6 Å². The molecule has 0 aliphatic heterocycles.